The first-order valence-electron chi connectivity index (χ1n) is 0.876. The molecule has 0 saturated heterocycles. The minimum absolute atomic E-state index is 1.46. The molecular formula is Br4N2. The predicted octanol–water partition coefficient (Wildman–Crippen LogP) is 2.75. The van der Waals surface area contributed by atoms with Gasteiger partial charge in [-0.05, 0) is 0 Å². The first-order valence-corrected chi connectivity index (χ1v) is 3.71. The smallest absolute Gasteiger partial charge is 0.0439 e. The Bertz CT molecular complexity index is 26.5. The van der Waals surface area contributed by atoms with Crippen LogP contribution in [0, 0.1) is 0 Å². The number of rotatable bonds is 1. The quantitative estimate of drug-likeness (QED) is 0.532. The molecule has 0 aliphatic rings. The molecule has 0 radical (unpaired) electrons. The average Bonchev–Trinajstić information content (AvgIpc) is 1.36. The second-order valence-corrected chi connectivity index (χ2v) is 5.02. The van der Waals surface area contributed by atoms with E-state index in [1.54, 1.807) is 0 Å². The van der Waals surface area contributed by atoms with E-state index in [1.807, 2.05) is 0 Å². The fourth-order valence-electron chi connectivity index (χ4n) is 0. The lowest BCUT2D eigenvalue weighted by atomic mass is 13.0. The Labute approximate surface area is 70.2 Å². The number of nitrogens with zero attached hydrogens (tertiary/aromatic N) is 2. The minimum Gasteiger partial charge on any atom is -0.0878 e. The Morgan fingerprint density at radius 1 is 0.667 bits per heavy atom. The molecule has 0 fully saturated rings. The van der Waals surface area contributed by atoms with Crippen molar-refractivity contribution in [3.05, 3.63) is 0 Å². The van der Waals surface area contributed by atoms with E-state index < -0.39 is 0 Å². The van der Waals surface area contributed by atoms with Gasteiger partial charge in [-0.1, -0.05) is 6.12 Å². The van der Waals surface area contributed by atoms with Gasteiger partial charge in [-0.3, -0.25) is 0 Å². The molecule has 0 amide bonds. The molecule has 0 aliphatic carbocycles. The molecule has 0 aromatic rings. The van der Waals surface area contributed by atoms with E-state index in [0.29, 0.717) is 0 Å². The SMILES string of the molecule is BrN(Br)N(Br)Br. The van der Waals surface area contributed by atoms with Crippen LogP contribution in [-0.4, -0.2) is 6.12 Å². The number of hydrogen-bond acceptors (Lipinski definition) is 2. The van der Waals surface area contributed by atoms with Crippen molar-refractivity contribution >= 4 is 64.6 Å². The third kappa shape index (κ3) is 4.01. The summed E-state index contributed by atoms with van der Waals surface area (Å²) in [6, 6.07) is 0. The van der Waals surface area contributed by atoms with Crippen LogP contribution >= 0.6 is 64.6 Å². The maximum Gasteiger partial charge on any atom is 0.0439 e. The van der Waals surface area contributed by atoms with Crippen molar-refractivity contribution in [3.63, 3.8) is 0 Å². The first kappa shape index (κ1) is 7.84. The Kier molecular flexibility index (Phi) is 4.96. The van der Waals surface area contributed by atoms with E-state index in [1.165, 1.54) is 6.12 Å². The molecule has 0 aromatic heterocycles. The summed E-state index contributed by atoms with van der Waals surface area (Å²) < 4.78 is 2.92. The number of halogens is 4. The van der Waals surface area contributed by atoms with E-state index in [-0.39, 0.29) is 0 Å². The van der Waals surface area contributed by atoms with Crippen LogP contribution in [0.4, 0.5) is 0 Å². The van der Waals surface area contributed by atoms with Gasteiger partial charge in [0.15, 0.2) is 0 Å². The van der Waals surface area contributed by atoms with Crippen molar-refractivity contribution in [3.8, 4) is 0 Å². The normalized spacial score (nSPS) is 11.0. The van der Waals surface area contributed by atoms with Crippen LogP contribution in [0.15, 0.2) is 0 Å². The summed E-state index contributed by atoms with van der Waals surface area (Å²) >= 11 is 12.1. The molecule has 0 aliphatic heterocycles. The fourth-order valence-corrected chi connectivity index (χ4v) is 0. The molecule has 6 heteroatoms. The van der Waals surface area contributed by atoms with Crippen molar-refractivity contribution in [2.75, 3.05) is 0 Å². The third-order valence-corrected chi connectivity index (χ3v) is 3.09. The summed E-state index contributed by atoms with van der Waals surface area (Å²) in [5.41, 5.74) is 0. The monoisotopic (exact) mass is 344 g/mol. The minimum atomic E-state index is 1.46. The van der Waals surface area contributed by atoms with Gasteiger partial charge < -0.3 is 0 Å². The lowest BCUT2D eigenvalue weighted by Crippen LogP contribution is -2.02. The average molecular weight is 348 g/mol. The standard InChI is InChI=1S/Br4N2/c1-5(2)6(3)4. The largest absolute Gasteiger partial charge is 0.0878 e. The van der Waals surface area contributed by atoms with Crippen LogP contribution in [0.5, 0.6) is 0 Å². The molecule has 0 N–H and O–H groups in total. The van der Waals surface area contributed by atoms with Gasteiger partial charge in [0.25, 0.3) is 0 Å². The summed E-state index contributed by atoms with van der Waals surface area (Å²) in [6.07, 6.45) is 0. The zero-order chi connectivity index (χ0) is 5.15. The van der Waals surface area contributed by atoms with Gasteiger partial charge in [-0.2, -0.15) is 0 Å². The van der Waals surface area contributed by atoms with Gasteiger partial charge in [0.2, 0.25) is 0 Å². The highest BCUT2D eigenvalue weighted by Crippen LogP contribution is 2.18. The molecule has 0 rings (SSSR count). The maximum atomic E-state index is 3.02. The molecule has 6 heavy (non-hydrogen) atoms. The third-order valence-electron chi connectivity index (χ3n) is 0.114. The first-order chi connectivity index (χ1) is 2.64. The van der Waals surface area contributed by atoms with Gasteiger partial charge in [0.1, 0.15) is 0 Å². The van der Waals surface area contributed by atoms with Gasteiger partial charge >= 0.3 is 0 Å². The molecule has 0 atom stereocenters. The summed E-state index contributed by atoms with van der Waals surface area (Å²) in [5, 5.41) is 0. The lowest BCUT2D eigenvalue weighted by Gasteiger charge is -2.04. The molecule has 0 saturated carbocycles. The highest BCUT2D eigenvalue weighted by Gasteiger charge is 1.96. The van der Waals surface area contributed by atoms with Crippen molar-refractivity contribution in [2.45, 2.75) is 0 Å². The zero-order valence-corrected chi connectivity index (χ0v) is 8.75. The van der Waals surface area contributed by atoms with Crippen LogP contribution in [0.2, 0.25) is 0 Å². The molecular weight excluding hydrogens is 348 g/mol. The lowest BCUT2D eigenvalue weighted by molar-refractivity contribution is 0.599. The second-order valence-electron chi connectivity index (χ2n) is 0.430. The van der Waals surface area contributed by atoms with Gasteiger partial charge in [-0.25, -0.2) is 0 Å². The fraction of sp³-hybridized carbons (Fsp3) is 0. The Morgan fingerprint density at radius 2 is 0.833 bits per heavy atom. The molecule has 0 heterocycles. The summed E-state index contributed by atoms with van der Waals surface area (Å²) in [5.74, 6) is 0. The molecule has 0 unspecified atom stereocenters. The summed E-state index contributed by atoms with van der Waals surface area (Å²) in [7, 11) is 0. The van der Waals surface area contributed by atoms with E-state index in [4.69, 9.17) is 0 Å². The van der Waals surface area contributed by atoms with E-state index >= 15 is 0 Å². The van der Waals surface area contributed by atoms with Crippen LogP contribution in [-0.2, 0) is 0 Å². The van der Waals surface area contributed by atoms with Gasteiger partial charge in [-0.15, -0.1) is 0 Å². The van der Waals surface area contributed by atoms with E-state index in [2.05, 4.69) is 64.6 Å². The van der Waals surface area contributed by atoms with Crippen molar-refractivity contribution in [2.24, 2.45) is 0 Å². The Hall–Kier alpha value is 1.84. The van der Waals surface area contributed by atoms with Gasteiger partial charge in [0, 0.05) is 64.6 Å². The zero-order valence-electron chi connectivity index (χ0n) is 2.41. The summed E-state index contributed by atoms with van der Waals surface area (Å²) in [6.45, 7) is 0. The van der Waals surface area contributed by atoms with Crippen LogP contribution in [0.25, 0.3) is 0 Å². The molecule has 2 nitrogen and oxygen atoms in total. The van der Waals surface area contributed by atoms with Crippen molar-refractivity contribution < 1.29 is 0 Å². The molecule has 0 aromatic carbocycles. The van der Waals surface area contributed by atoms with Crippen molar-refractivity contribution in [1.82, 2.24) is 6.12 Å². The summed E-state index contributed by atoms with van der Waals surface area (Å²) in [4.78, 5) is 0. The number of hydrazine groups is 1. The molecule has 0 bridgehead atoms. The maximum absolute atomic E-state index is 3.02. The highest BCUT2D eigenvalue weighted by molar-refractivity contribution is 9.24. The van der Waals surface area contributed by atoms with E-state index in [9.17, 15) is 0 Å². The number of hydrogen-bond donors (Lipinski definition) is 0. The van der Waals surface area contributed by atoms with Gasteiger partial charge in [0.05, 0.1) is 0 Å². The van der Waals surface area contributed by atoms with Crippen LogP contribution < -0.4 is 0 Å². The van der Waals surface area contributed by atoms with Crippen molar-refractivity contribution in [1.29, 1.82) is 0 Å². The topological polar surface area (TPSA) is 6.48 Å². The van der Waals surface area contributed by atoms with Crippen LogP contribution in [0.3, 0.4) is 0 Å². The van der Waals surface area contributed by atoms with Crippen LogP contribution in [0.1, 0.15) is 0 Å². The predicted molar refractivity (Wildman–Crippen MR) is 39.4 cm³/mol. The molecule has 0 spiro atoms. The van der Waals surface area contributed by atoms with E-state index in [0.717, 1.165) is 0 Å². The second kappa shape index (κ2) is 3.80. The highest BCUT2D eigenvalue weighted by atomic mass is 79.9. The Morgan fingerprint density at radius 3 is 0.833 bits per heavy atom. The molecule has 38 valence electrons. The Balaban J connectivity index is 2.99.